The Balaban J connectivity index is 2.11. The second-order valence-corrected chi connectivity index (χ2v) is 5.85. The van der Waals surface area contributed by atoms with E-state index >= 15 is 0 Å². The number of benzene rings is 1. The van der Waals surface area contributed by atoms with Gasteiger partial charge in [-0.1, -0.05) is 18.2 Å². The molecule has 0 unspecified atom stereocenters. The van der Waals surface area contributed by atoms with Gasteiger partial charge in [0.1, 0.15) is 0 Å². The van der Waals surface area contributed by atoms with Crippen LogP contribution in [0.2, 0.25) is 0 Å². The Bertz CT molecular complexity index is 624. The average molecular weight is 332 g/mol. The first-order valence-corrected chi connectivity index (χ1v) is 7.62. The van der Waals surface area contributed by atoms with Crippen LogP contribution in [-0.2, 0) is 5.75 Å². The van der Waals surface area contributed by atoms with Gasteiger partial charge in [-0.15, -0.1) is 5.10 Å². The second-order valence-electron chi connectivity index (χ2n) is 4.82. The van der Waals surface area contributed by atoms with Crippen LogP contribution in [0.3, 0.4) is 0 Å². The van der Waals surface area contributed by atoms with E-state index in [1.807, 2.05) is 32.0 Å². The first-order chi connectivity index (χ1) is 10.3. The molecule has 120 valence electrons. The van der Waals surface area contributed by atoms with Crippen LogP contribution in [0.25, 0.3) is 5.69 Å². The molecule has 0 spiro atoms. The second kappa shape index (κ2) is 6.66. The van der Waals surface area contributed by atoms with Crippen molar-refractivity contribution in [2.75, 3.05) is 5.75 Å². The van der Waals surface area contributed by atoms with E-state index in [0.717, 1.165) is 28.6 Å². The molecule has 0 aliphatic rings. The lowest BCUT2D eigenvalue weighted by molar-refractivity contribution is -0.195. The Morgan fingerprint density at radius 1 is 1.27 bits per heavy atom. The van der Waals surface area contributed by atoms with Crippen LogP contribution in [0.5, 0.6) is 0 Å². The molecule has 22 heavy (non-hydrogen) atoms. The number of alkyl halides is 3. The van der Waals surface area contributed by atoms with Gasteiger partial charge in [0, 0.05) is 5.75 Å². The first-order valence-electron chi connectivity index (χ1n) is 6.47. The summed E-state index contributed by atoms with van der Waals surface area (Å²) in [6, 6.07) is 5.73. The summed E-state index contributed by atoms with van der Waals surface area (Å²) in [7, 11) is 0. The van der Waals surface area contributed by atoms with Crippen LogP contribution >= 0.6 is 11.8 Å². The zero-order valence-electron chi connectivity index (χ0n) is 12.0. The number of rotatable bonds is 5. The summed E-state index contributed by atoms with van der Waals surface area (Å²) in [5.74, 6) is 0.161. The van der Waals surface area contributed by atoms with E-state index in [2.05, 4.69) is 15.5 Å². The fraction of sp³-hybridized carbons (Fsp3) is 0.462. The molecule has 1 aromatic carbocycles. The minimum atomic E-state index is -4.61. The highest BCUT2D eigenvalue weighted by atomic mass is 32.2. The van der Waals surface area contributed by atoms with Gasteiger partial charge in [0.15, 0.2) is 11.9 Å². The number of hydrogen-bond acceptors (Lipinski definition) is 5. The molecule has 0 saturated heterocycles. The molecule has 1 heterocycles. The molecule has 2 aromatic rings. The molecular weight excluding hydrogens is 317 g/mol. The van der Waals surface area contributed by atoms with E-state index in [9.17, 15) is 13.2 Å². The third-order valence-corrected chi connectivity index (χ3v) is 4.08. The molecule has 1 atom stereocenters. The summed E-state index contributed by atoms with van der Waals surface area (Å²) in [5.41, 5.74) is 2.75. The van der Waals surface area contributed by atoms with Gasteiger partial charge in [-0.05, 0) is 35.4 Å². The van der Waals surface area contributed by atoms with Gasteiger partial charge < -0.3 is 5.11 Å². The zero-order valence-corrected chi connectivity index (χ0v) is 12.8. The molecule has 0 radical (unpaired) electrons. The van der Waals surface area contributed by atoms with Crippen molar-refractivity contribution >= 4 is 11.8 Å². The lowest BCUT2D eigenvalue weighted by atomic mass is 10.1. The first kappa shape index (κ1) is 16.8. The maximum atomic E-state index is 12.3. The normalized spacial score (nSPS) is 13.4. The molecule has 0 amide bonds. The standard InChI is InChI=1S/C13H15F3N4OS/c1-8-4-3-5-9(2)12(8)20-11(17-18-19-20)7-22-6-10(21)13(14,15)16/h3-5,10,21H,6-7H2,1-2H3/t10-/m0/s1. The molecule has 0 fully saturated rings. The lowest BCUT2D eigenvalue weighted by Gasteiger charge is -2.14. The smallest absolute Gasteiger partial charge is 0.383 e. The molecule has 1 aromatic heterocycles. The maximum absolute atomic E-state index is 12.3. The predicted molar refractivity (Wildman–Crippen MR) is 76.9 cm³/mol. The number of thioether (sulfide) groups is 1. The van der Waals surface area contributed by atoms with Crippen LogP contribution in [0.15, 0.2) is 18.2 Å². The Morgan fingerprint density at radius 2 is 1.91 bits per heavy atom. The molecule has 0 bridgehead atoms. The van der Waals surface area contributed by atoms with Crippen molar-refractivity contribution in [2.45, 2.75) is 31.9 Å². The third kappa shape index (κ3) is 3.77. The van der Waals surface area contributed by atoms with Gasteiger partial charge in [0.05, 0.1) is 11.4 Å². The number of aryl methyl sites for hydroxylation is 2. The molecule has 0 aliphatic heterocycles. The van der Waals surface area contributed by atoms with E-state index < -0.39 is 18.0 Å². The number of nitrogens with zero attached hydrogens (tertiary/aromatic N) is 4. The largest absolute Gasteiger partial charge is 0.415 e. The Morgan fingerprint density at radius 3 is 2.50 bits per heavy atom. The summed E-state index contributed by atoms with van der Waals surface area (Å²) in [5, 5.41) is 20.3. The number of tetrazole rings is 1. The van der Waals surface area contributed by atoms with Gasteiger partial charge in [-0.2, -0.15) is 29.6 Å². The minimum Gasteiger partial charge on any atom is -0.383 e. The number of aliphatic hydroxyl groups excluding tert-OH is 1. The minimum absolute atomic E-state index is 0.175. The molecule has 9 heteroatoms. The topological polar surface area (TPSA) is 63.8 Å². The lowest BCUT2D eigenvalue weighted by Crippen LogP contribution is -2.30. The van der Waals surface area contributed by atoms with Crippen LogP contribution in [-0.4, -0.2) is 43.3 Å². The van der Waals surface area contributed by atoms with Gasteiger partial charge in [-0.3, -0.25) is 0 Å². The number of halogens is 3. The number of para-hydroxylation sites is 1. The van der Waals surface area contributed by atoms with Crippen molar-refractivity contribution in [3.8, 4) is 5.69 Å². The average Bonchev–Trinajstić information content (AvgIpc) is 2.85. The molecule has 5 nitrogen and oxygen atoms in total. The van der Waals surface area contributed by atoms with E-state index in [4.69, 9.17) is 5.11 Å². The fourth-order valence-corrected chi connectivity index (χ4v) is 2.86. The molecular formula is C13H15F3N4OS. The van der Waals surface area contributed by atoms with E-state index in [1.165, 1.54) is 4.68 Å². The van der Waals surface area contributed by atoms with Crippen molar-refractivity contribution in [1.29, 1.82) is 0 Å². The molecule has 1 N–H and O–H groups in total. The van der Waals surface area contributed by atoms with Gasteiger partial charge >= 0.3 is 6.18 Å². The third-order valence-electron chi connectivity index (χ3n) is 3.07. The number of aliphatic hydroxyl groups is 1. The van der Waals surface area contributed by atoms with Crippen molar-refractivity contribution < 1.29 is 18.3 Å². The van der Waals surface area contributed by atoms with Crippen LogP contribution in [0.1, 0.15) is 17.0 Å². The van der Waals surface area contributed by atoms with Crippen molar-refractivity contribution in [3.05, 3.63) is 35.2 Å². The number of aromatic nitrogens is 4. The highest BCUT2D eigenvalue weighted by Gasteiger charge is 2.37. The summed E-state index contributed by atoms with van der Waals surface area (Å²) in [4.78, 5) is 0. The summed E-state index contributed by atoms with van der Waals surface area (Å²) < 4.78 is 38.3. The van der Waals surface area contributed by atoms with Crippen LogP contribution in [0, 0.1) is 13.8 Å². The highest BCUT2D eigenvalue weighted by molar-refractivity contribution is 7.98. The Hall–Kier alpha value is -1.61. The predicted octanol–water partition coefficient (Wildman–Crippen LogP) is 2.44. The van der Waals surface area contributed by atoms with Gasteiger partial charge in [-0.25, -0.2) is 0 Å². The Kier molecular flexibility index (Phi) is 5.07. The SMILES string of the molecule is Cc1cccc(C)c1-n1nnnc1CSC[C@H](O)C(F)(F)F. The van der Waals surface area contributed by atoms with Crippen molar-refractivity contribution in [1.82, 2.24) is 20.2 Å². The van der Waals surface area contributed by atoms with Gasteiger partial charge in [0.25, 0.3) is 0 Å². The van der Waals surface area contributed by atoms with E-state index in [1.54, 1.807) is 0 Å². The van der Waals surface area contributed by atoms with E-state index in [-0.39, 0.29) is 5.75 Å². The van der Waals surface area contributed by atoms with E-state index in [0.29, 0.717) is 5.82 Å². The fourth-order valence-electron chi connectivity index (χ4n) is 1.97. The zero-order chi connectivity index (χ0) is 16.3. The monoisotopic (exact) mass is 332 g/mol. The molecule has 0 aliphatic carbocycles. The summed E-state index contributed by atoms with van der Waals surface area (Å²) in [6.07, 6.45) is -6.95. The summed E-state index contributed by atoms with van der Waals surface area (Å²) >= 11 is 0.933. The molecule has 0 saturated carbocycles. The highest BCUT2D eigenvalue weighted by Crippen LogP contribution is 2.25. The van der Waals surface area contributed by atoms with Crippen LogP contribution < -0.4 is 0 Å². The quantitative estimate of drug-likeness (QED) is 0.911. The molecule has 2 rings (SSSR count). The number of hydrogen-bond donors (Lipinski definition) is 1. The van der Waals surface area contributed by atoms with Crippen molar-refractivity contribution in [3.63, 3.8) is 0 Å². The van der Waals surface area contributed by atoms with Crippen molar-refractivity contribution in [2.24, 2.45) is 0 Å². The van der Waals surface area contributed by atoms with Gasteiger partial charge in [0.2, 0.25) is 0 Å². The Labute approximate surface area is 129 Å². The summed E-state index contributed by atoms with van der Waals surface area (Å²) in [6.45, 7) is 3.82. The maximum Gasteiger partial charge on any atom is 0.415 e. The van der Waals surface area contributed by atoms with Crippen LogP contribution in [0.4, 0.5) is 13.2 Å².